The zero-order valence-corrected chi connectivity index (χ0v) is 11.9. The van der Waals surface area contributed by atoms with Gasteiger partial charge in [-0.15, -0.1) is 0 Å². The molecule has 0 aromatic rings. The average molecular weight is 253 g/mol. The first-order valence-electron chi connectivity index (χ1n) is 7.26. The molecule has 0 aromatic heterocycles. The van der Waals surface area contributed by atoms with Gasteiger partial charge in [-0.05, 0) is 46.5 Å². The summed E-state index contributed by atoms with van der Waals surface area (Å²) in [6.45, 7) is 7.21. The van der Waals surface area contributed by atoms with Crippen molar-refractivity contribution in [2.75, 3.05) is 6.54 Å². The van der Waals surface area contributed by atoms with E-state index in [-0.39, 0.29) is 5.91 Å². The predicted octanol–water partition coefficient (Wildman–Crippen LogP) is 1.25. The van der Waals surface area contributed by atoms with E-state index < -0.39 is 5.54 Å². The third-order valence-corrected chi connectivity index (χ3v) is 4.52. The monoisotopic (exact) mass is 253 g/mol. The van der Waals surface area contributed by atoms with Gasteiger partial charge in [0.05, 0.1) is 0 Å². The summed E-state index contributed by atoms with van der Waals surface area (Å²) in [7, 11) is 0. The van der Waals surface area contributed by atoms with Crippen molar-refractivity contribution in [1.29, 1.82) is 0 Å². The summed E-state index contributed by atoms with van der Waals surface area (Å²) in [5, 5.41) is 3.44. The number of amides is 1. The summed E-state index contributed by atoms with van der Waals surface area (Å²) in [6, 6.07) is 1.60. The molecule has 1 saturated carbocycles. The zero-order chi connectivity index (χ0) is 13.3. The molecular formula is C14H27N3O. The Morgan fingerprint density at radius 3 is 2.28 bits per heavy atom. The van der Waals surface area contributed by atoms with Crippen LogP contribution in [0.25, 0.3) is 0 Å². The molecule has 1 saturated heterocycles. The summed E-state index contributed by atoms with van der Waals surface area (Å²) >= 11 is 0. The second-order valence-corrected chi connectivity index (χ2v) is 6.42. The zero-order valence-electron chi connectivity index (χ0n) is 11.9. The highest BCUT2D eigenvalue weighted by Crippen LogP contribution is 2.27. The molecule has 1 aliphatic carbocycles. The topological polar surface area (TPSA) is 58.4 Å². The second kappa shape index (κ2) is 5.17. The van der Waals surface area contributed by atoms with Crippen LogP contribution >= 0.6 is 0 Å². The molecule has 4 nitrogen and oxygen atoms in total. The fraction of sp³-hybridized carbons (Fsp3) is 0.929. The number of nitrogens with one attached hydrogen (secondary N) is 1. The van der Waals surface area contributed by atoms with Crippen LogP contribution in [0.3, 0.4) is 0 Å². The van der Waals surface area contributed by atoms with Gasteiger partial charge in [0, 0.05) is 24.7 Å². The summed E-state index contributed by atoms with van der Waals surface area (Å²) in [6.07, 6.45) is 6.09. The van der Waals surface area contributed by atoms with Gasteiger partial charge in [-0.2, -0.15) is 0 Å². The first-order valence-corrected chi connectivity index (χ1v) is 7.26. The predicted molar refractivity (Wildman–Crippen MR) is 73.2 cm³/mol. The molecule has 3 N–H and O–H groups in total. The van der Waals surface area contributed by atoms with Crippen molar-refractivity contribution in [2.24, 2.45) is 5.73 Å². The molecule has 0 aromatic carbocycles. The SMILES string of the molecule is CC1CCCC(C)N1CC(C)(NC1CC1)C(N)=O. The summed E-state index contributed by atoms with van der Waals surface area (Å²) in [5.74, 6) is -0.223. The van der Waals surface area contributed by atoms with Gasteiger partial charge < -0.3 is 5.73 Å². The van der Waals surface area contributed by atoms with E-state index >= 15 is 0 Å². The van der Waals surface area contributed by atoms with Crippen LogP contribution in [-0.2, 0) is 4.79 Å². The van der Waals surface area contributed by atoms with Gasteiger partial charge in [0.25, 0.3) is 0 Å². The number of piperidine rings is 1. The number of primary amides is 1. The van der Waals surface area contributed by atoms with E-state index in [0.29, 0.717) is 18.1 Å². The fourth-order valence-corrected chi connectivity index (χ4v) is 3.02. The van der Waals surface area contributed by atoms with Crippen LogP contribution < -0.4 is 11.1 Å². The number of rotatable bonds is 5. The van der Waals surface area contributed by atoms with E-state index in [9.17, 15) is 4.79 Å². The Morgan fingerprint density at radius 1 is 1.28 bits per heavy atom. The summed E-state index contributed by atoms with van der Waals surface area (Å²) < 4.78 is 0. The Bertz CT molecular complexity index is 306. The van der Waals surface area contributed by atoms with Crippen LogP contribution in [0.1, 0.15) is 52.9 Å². The molecule has 3 unspecified atom stereocenters. The van der Waals surface area contributed by atoms with Crippen molar-refractivity contribution in [3.05, 3.63) is 0 Å². The molecule has 3 atom stereocenters. The van der Waals surface area contributed by atoms with Gasteiger partial charge >= 0.3 is 0 Å². The Kier molecular flexibility index (Phi) is 3.97. The molecule has 18 heavy (non-hydrogen) atoms. The van der Waals surface area contributed by atoms with Gasteiger partial charge in [0.15, 0.2) is 0 Å². The van der Waals surface area contributed by atoms with Crippen LogP contribution in [0.15, 0.2) is 0 Å². The van der Waals surface area contributed by atoms with Gasteiger partial charge in [0.1, 0.15) is 5.54 Å². The Hall–Kier alpha value is -0.610. The number of hydrogen-bond acceptors (Lipinski definition) is 3. The largest absolute Gasteiger partial charge is 0.368 e. The van der Waals surface area contributed by atoms with Gasteiger partial charge in [-0.25, -0.2) is 0 Å². The highest BCUT2D eigenvalue weighted by atomic mass is 16.1. The quantitative estimate of drug-likeness (QED) is 0.775. The number of likely N-dealkylation sites (tertiary alicyclic amines) is 1. The van der Waals surface area contributed by atoms with E-state index in [1.165, 1.54) is 32.1 Å². The molecule has 4 heteroatoms. The molecule has 2 fully saturated rings. The van der Waals surface area contributed by atoms with Crippen molar-refractivity contribution in [2.45, 2.75) is 76.5 Å². The van der Waals surface area contributed by atoms with Crippen LogP contribution in [0, 0.1) is 0 Å². The van der Waals surface area contributed by atoms with Crippen LogP contribution in [0.4, 0.5) is 0 Å². The Morgan fingerprint density at radius 2 is 1.83 bits per heavy atom. The van der Waals surface area contributed by atoms with Crippen molar-refractivity contribution in [3.63, 3.8) is 0 Å². The Labute approximate surface area is 110 Å². The lowest BCUT2D eigenvalue weighted by atomic mass is 9.92. The highest BCUT2D eigenvalue weighted by molar-refractivity contribution is 5.84. The van der Waals surface area contributed by atoms with E-state index in [2.05, 4.69) is 24.1 Å². The van der Waals surface area contributed by atoms with Gasteiger partial charge in [0.2, 0.25) is 5.91 Å². The number of carbonyl (C=O) groups excluding carboxylic acids is 1. The number of nitrogens with zero attached hydrogens (tertiary/aromatic N) is 1. The molecule has 104 valence electrons. The molecule has 2 rings (SSSR count). The molecule has 0 spiro atoms. The van der Waals surface area contributed by atoms with Crippen molar-refractivity contribution in [1.82, 2.24) is 10.2 Å². The summed E-state index contributed by atoms with van der Waals surface area (Å²) in [5.41, 5.74) is 5.04. The number of carbonyl (C=O) groups is 1. The van der Waals surface area contributed by atoms with E-state index in [0.717, 1.165) is 6.54 Å². The maximum absolute atomic E-state index is 11.8. The first-order chi connectivity index (χ1) is 8.42. The molecule has 0 radical (unpaired) electrons. The lowest BCUT2D eigenvalue weighted by Gasteiger charge is -2.43. The van der Waals surface area contributed by atoms with Gasteiger partial charge in [-0.1, -0.05) is 6.42 Å². The highest BCUT2D eigenvalue weighted by Gasteiger charge is 2.40. The smallest absolute Gasteiger partial charge is 0.238 e. The molecule has 1 amide bonds. The molecule has 2 aliphatic rings. The number of nitrogens with two attached hydrogens (primary N) is 1. The minimum absolute atomic E-state index is 0.223. The number of hydrogen-bond donors (Lipinski definition) is 2. The van der Waals surface area contributed by atoms with E-state index in [4.69, 9.17) is 5.73 Å². The average Bonchev–Trinajstić information content (AvgIpc) is 3.07. The maximum atomic E-state index is 11.8. The second-order valence-electron chi connectivity index (χ2n) is 6.42. The normalized spacial score (nSPS) is 33.1. The minimum atomic E-state index is -0.582. The van der Waals surface area contributed by atoms with Crippen molar-refractivity contribution < 1.29 is 4.79 Å². The summed E-state index contributed by atoms with van der Waals surface area (Å²) in [4.78, 5) is 14.3. The third-order valence-electron chi connectivity index (χ3n) is 4.52. The van der Waals surface area contributed by atoms with Crippen LogP contribution in [0.5, 0.6) is 0 Å². The van der Waals surface area contributed by atoms with Crippen LogP contribution in [-0.4, -0.2) is 41.0 Å². The van der Waals surface area contributed by atoms with Crippen LogP contribution in [0.2, 0.25) is 0 Å². The third kappa shape index (κ3) is 3.04. The maximum Gasteiger partial charge on any atom is 0.238 e. The minimum Gasteiger partial charge on any atom is -0.368 e. The lowest BCUT2D eigenvalue weighted by Crippen LogP contribution is -2.63. The standard InChI is InChI=1S/C14H27N3O/c1-10-5-4-6-11(2)17(10)9-14(3,13(15)18)16-12-7-8-12/h10-12,16H,4-9H2,1-3H3,(H2,15,18). The molecule has 1 heterocycles. The lowest BCUT2D eigenvalue weighted by molar-refractivity contribution is -0.125. The van der Waals surface area contributed by atoms with E-state index in [1.54, 1.807) is 0 Å². The fourth-order valence-electron chi connectivity index (χ4n) is 3.02. The molecule has 1 aliphatic heterocycles. The Balaban J connectivity index is 2.04. The van der Waals surface area contributed by atoms with Crippen molar-refractivity contribution >= 4 is 5.91 Å². The molecular weight excluding hydrogens is 226 g/mol. The van der Waals surface area contributed by atoms with Crippen molar-refractivity contribution in [3.8, 4) is 0 Å². The first kappa shape index (κ1) is 13.8. The van der Waals surface area contributed by atoms with Gasteiger partial charge in [-0.3, -0.25) is 15.0 Å². The molecule has 0 bridgehead atoms. The van der Waals surface area contributed by atoms with E-state index in [1.807, 2.05) is 6.92 Å².